The zero-order chi connectivity index (χ0) is 16.4. The number of rotatable bonds is 2. The highest BCUT2D eigenvalue weighted by atomic mass is 35.5. The molecule has 0 bridgehead atoms. The monoisotopic (exact) mass is 331 g/mol. The van der Waals surface area contributed by atoms with Gasteiger partial charge in [-0.25, -0.2) is 0 Å². The van der Waals surface area contributed by atoms with Gasteiger partial charge in [0.1, 0.15) is 0 Å². The number of halogens is 1. The smallest absolute Gasteiger partial charge is 0.252 e. The maximum atomic E-state index is 12.7. The van der Waals surface area contributed by atoms with E-state index < -0.39 is 0 Å². The van der Waals surface area contributed by atoms with E-state index in [-0.39, 0.29) is 17.9 Å². The van der Waals surface area contributed by atoms with Crippen LogP contribution in [0.2, 0.25) is 5.02 Å². The van der Waals surface area contributed by atoms with Crippen molar-refractivity contribution in [3.63, 3.8) is 0 Å². The van der Waals surface area contributed by atoms with Crippen molar-refractivity contribution < 1.29 is 9.59 Å². The molecule has 1 fully saturated rings. The molecule has 1 unspecified atom stereocenters. The van der Waals surface area contributed by atoms with Crippen LogP contribution in [0.25, 0.3) is 10.9 Å². The molecule has 2 N–H and O–H groups in total. The minimum Gasteiger partial charge on any atom is -0.356 e. The summed E-state index contributed by atoms with van der Waals surface area (Å²) in [5.74, 6) is -0.110. The van der Waals surface area contributed by atoms with Gasteiger partial charge in [0.2, 0.25) is 5.91 Å². The van der Waals surface area contributed by atoms with Gasteiger partial charge in [-0.05, 0) is 44.0 Å². The third kappa shape index (κ3) is 3.62. The number of carbonyl (C=O) groups is 2. The van der Waals surface area contributed by atoms with Gasteiger partial charge >= 0.3 is 0 Å². The predicted octanol–water partition coefficient (Wildman–Crippen LogP) is 2.60. The average Bonchev–Trinajstić information content (AvgIpc) is 2.71. The molecule has 0 spiro atoms. The van der Waals surface area contributed by atoms with Crippen LogP contribution in [0.5, 0.6) is 0 Å². The molecule has 1 aliphatic rings. The molecule has 2 aromatic rings. The van der Waals surface area contributed by atoms with Crippen molar-refractivity contribution in [2.45, 2.75) is 32.2 Å². The Kier molecular flexibility index (Phi) is 4.48. The molecule has 6 heteroatoms. The Hall–Kier alpha value is -2.14. The molecule has 1 saturated heterocycles. The molecule has 120 valence electrons. The molecular weight excluding hydrogens is 314 g/mol. The van der Waals surface area contributed by atoms with Crippen LogP contribution >= 0.6 is 11.6 Å². The summed E-state index contributed by atoms with van der Waals surface area (Å²) in [4.78, 5) is 28.5. The van der Waals surface area contributed by atoms with Crippen molar-refractivity contribution in [3.8, 4) is 0 Å². The fraction of sp³-hybridized carbons (Fsp3) is 0.353. The van der Waals surface area contributed by atoms with Crippen LogP contribution in [-0.2, 0) is 4.79 Å². The highest BCUT2D eigenvalue weighted by molar-refractivity contribution is 6.31. The molecule has 1 aliphatic heterocycles. The van der Waals surface area contributed by atoms with Gasteiger partial charge in [0, 0.05) is 35.1 Å². The van der Waals surface area contributed by atoms with Gasteiger partial charge in [0.15, 0.2) is 0 Å². The first-order valence-corrected chi connectivity index (χ1v) is 8.05. The zero-order valence-corrected chi connectivity index (χ0v) is 13.6. The minimum absolute atomic E-state index is 0.0100. The second kappa shape index (κ2) is 6.54. The standard InChI is InChI=1S/C17H18ClN3O2/c1-10-8-14(13-9-11(18)2-4-15(13)20-10)17(23)21-12-3-5-16(22)19-7-6-12/h2,4,8-9,12H,3,5-7H2,1H3,(H,19,22)(H,21,23). The van der Waals surface area contributed by atoms with Crippen molar-refractivity contribution in [2.24, 2.45) is 0 Å². The molecule has 3 rings (SSSR count). The maximum Gasteiger partial charge on any atom is 0.252 e. The second-order valence-electron chi connectivity index (χ2n) is 5.82. The summed E-state index contributed by atoms with van der Waals surface area (Å²) < 4.78 is 0. The van der Waals surface area contributed by atoms with Crippen LogP contribution in [0, 0.1) is 6.92 Å². The van der Waals surface area contributed by atoms with Crippen LogP contribution in [0.4, 0.5) is 0 Å². The summed E-state index contributed by atoms with van der Waals surface area (Å²) in [5.41, 5.74) is 2.10. The Morgan fingerprint density at radius 2 is 2.17 bits per heavy atom. The molecule has 23 heavy (non-hydrogen) atoms. The lowest BCUT2D eigenvalue weighted by atomic mass is 10.0. The maximum absolute atomic E-state index is 12.7. The number of fused-ring (bicyclic) bond motifs is 1. The molecule has 1 aromatic heterocycles. The number of pyridine rings is 1. The van der Waals surface area contributed by atoms with E-state index >= 15 is 0 Å². The van der Waals surface area contributed by atoms with E-state index in [0.717, 1.165) is 23.0 Å². The van der Waals surface area contributed by atoms with Gasteiger partial charge in [-0.3, -0.25) is 14.6 Å². The molecule has 2 heterocycles. The lowest BCUT2D eigenvalue weighted by Crippen LogP contribution is -2.35. The first kappa shape index (κ1) is 15.7. The fourth-order valence-electron chi connectivity index (χ4n) is 2.85. The number of nitrogens with one attached hydrogen (secondary N) is 2. The third-order valence-electron chi connectivity index (χ3n) is 4.01. The van der Waals surface area contributed by atoms with Crippen LogP contribution < -0.4 is 10.6 Å². The summed E-state index contributed by atoms with van der Waals surface area (Å²) >= 11 is 6.06. The quantitative estimate of drug-likeness (QED) is 0.888. The Morgan fingerprint density at radius 1 is 1.35 bits per heavy atom. The first-order valence-electron chi connectivity index (χ1n) is 7.67. The van der Waals surface area contributed by atoms with Crippen molar-refractivity contribution in [1.29, 1.82) is 0 Å². The largest absolute Gasteiger partial charge is 0.356 e. The molecule has 0 saturated carbocycles. The molecule has 5 nitrogen and oxygen atoms in total. The van der Waals surface area contributed by atoms with E-state index in [4.69, 9.17) is 11.6 Å². The van der Waals surface area contributed by atoms with Gasteiger partial charge in [0.05, 0.1) is 11.1 Å². The topological polar surface area (TPSA) is 71.1 Å². The van der Waals surface area contributed by atoms with E-state index in [1.165, 1.54) is 0 Å². The van der Waals surface area contributed by atoms with Crippen LogP contribution in [-0.4, -0.2) is 29.4 Å². The van der Waals surface area contributed by atoms with Crippen LogP contribution in [0.3, 0.4) is 0 Å². The molecule has 0 radical (unpaired) electrons. The molecule has 1 aromatic carbocycles. The number of amides is 2. The van der Waals surface area contributed by atoms with Gasteiger partial charge < -0.3 is 10.6 Å². The number of hydrogen-bond acceptors (Lipinski definition) is 3. The Labute approximate surface area is 139 Å². The summed E-state index contributed by atoms with van der Waals surface area (Å²) in [6.07, 6.45) is 1.83. The summed E-state index contributed by atoms with van der Waals surface area (Å²) in [5, 5.41) is 7.16. The zero-order valence-electron chi connectivity index (χ0n) is 12.9. The summed E-state index contributed by atoms with van der Waals surface area (Å²) in [6, 6.07) is 7.10. The van der Waals surface area contributed by atoms with E-state index in [1.807, 2.05) is 13.0 Å². The highest BCUT2D eigenvalue weighted by Crippen LogP contribution is 2.23. The van der Waals surface area contributed by atoms with Crippen molar-refractivity contribution in [3.05, 3.63) is 40.5 Å². The van der Waals surface area contributed by atoms with Crippen LogP contribution in [0.15, 0.2) is 24.3 Å². The first-order chi connectivity index (χ1) is 11.0. The van der Waals surface area contributed by atoms with Gasteiger partial charge in [-0.15, -0.1) is 0 Å². The van der Waals surface area contributed by atoms with Crippen molar-refractivity contribution >= 4 is 34.3 Å². The number of hydrogen-bond donors (Lipinski definition) is 2. The Balaban J connectivity index is 1.88. The number of carbonyl (C=O) groups excluding carboxylic acids is 2. The summed E-state index contributed by atoms with van der Waals surface area (Å²) in [6.45, 7) is 2.45. The number of aromatic nitrogens is 1. The van der Waals surface area contributed by atoms with Gasteiger partial charge in [-0.1, -0.05) is 11.6 Å². The molecule has 1 atom stereocenters. The number of nitrogens with zero attached hydrogens (tertiary/aromatic N) is 1. The van der Waals surface area contributed by atoms with Gasteiger partial charge in [0.25, 0.3) is 5.91 Å². The fourth-order valence-corrected chi connectivity index (χ4v) is 3.02. The SMILES string of the molecule is Cc1cc(C(=O)NC2CCNC(=O)CC2)c2cc(Cl)ccc2n1. The number of aryl methyl sites for hydroxylation is 1. The van der Waals surface area contributed by atoms with E-state index in [0.29, 0.717) is 30.0 Å². The van der Waals surface area contributed by atoms with Crippen molar-refractivity contribution in [1.82, 2.24) is 15.6 Å². The lowest BCUT2D eigenvalue weighted by molar-refractivity contribution is -0.120. The average molecular weight is 332 g/mol. The number of benzene rings is 1. The minimum atomic E-state index is -0.151. The van der Waals surface area contributed by atoms with E-state index in [1.54, 1.807) is 18.2 Å². The van der Waals surface area contributed by atoms with Crippen LogP contribution in [0.1, 0.15) is 35.3 Å². The molecular formula is C17H18ClN3O2. The molecule has 0 aliphatic carbocycles. The van der Waals surface area contributed by atoms with Gasteiger partial charge in [-0.2, -0.15) is 0 Å². The normalized spacial score (nSPS) is 18.3. The Morgan fingerprint density at radius 3 is 3.00 bits per heavy atom. The second-order valence-corrected chi connectivity index (χ2v) is 6.26. The Bertz CT molecular complexity index is 776. The third-order valence-corrected chi connectivity index (χ3v) is 4.25. The van der Waals surface area contributed by atoms with Crippen molar-refractivity contribution in [2.75, 3.05) is 6.54 Å². The molecule has 2 amide bonds. The summed E-state index contributed by atoms with van der Waals surface area (Å²) in [7, 11) is 0. The highest BCUT2D eigenvalue weighted by Gasteiger charge is 2.20. The van der Waals surface area contributed by atoms with E-state index in [2.05, 4.69) is 15.6 Å². The van der Waals surface area contributed by atoms with E-state index in [9.17, 15) is 9.59 Å². The predicted molar refractivity (Wildman–Crippen MR) is 89.6 cm³/mol. The lowest BCUT2D eigenvalue weighted by Gasteiger charge is -2.16.